The summed E-state index contributed by atoms with van der Waals surface area (Å²) in [4.78, 5) is 23.1. The van der Waals surface area contributed by atoms with E-state index in [-0.39, 0.29) is 6.04 Å². The van der Waals surface area contributed by atoms with Crippen molar-refractivity contribution in [2.75, 3.05) is 11.5 Å². The molecule has 0 aliphatic carbocycles. The van der Waals surface area contributed by atoms with Gasteiger partial charge < -0.3 is 10.4 Å². The molecule has 1 aliphatic heterocycles. The smallest absolute Gasteiger partial charge is 0.336 e. The van der Waals surface area contributed by atoms with Gasteiger partial charge in [0.25, 0.3) is 5.91 Å². The Hall–Kier alpha value is -1.83. The van der Waals surface area contributed by atoms with Crippen molar-refractivity contribution in [3.63, 3.8) is 0 Å². The van der Waals surface area contributed by atoms with Crippen LogP contribution in [0.1, 0.15) is 33.6 Å². The number of carbonyl (C=O) groups is 2. The Morgan fingerprint density at radius 1 is 1.14 bits per heavy atom. The second-order valence-corrected chi connectivity index (χ2v) is 6.41. The molecule has 8 heteroatoms. The fourth-order valence-electron chi connectivity index (χ4n) is 2.11. The largest absolute Gasteiger partial charge is 0.478 e. The van der Waals surface area contributed by atoms with Crippen LogP contribution >= 0.6 is 0 Å². The molecule has 1 aliphatic rings. The summed E-state index contributed by atoms with van der Waals surface area (Å²) in [5.74, 6) is -3.98. The molecule has 0 radical (unpaired) electrons. The zero-order valence-corrected chi connectivity index (χ0v) is 11.7. The number of carboxylic acids is 1. The van der Waals surface area contributed by atoms with Crippen LogP contribution in [0.2, 0.25) is 0 Å². The lowest BCUT2D eigenvalue weighted by Gasteiger charge is -2.22. The van der Waals surface area contributed by atoms with Crippen LogP contribution in [-0.2, 0) is 10.8 Å². The first-order valence-electron chi connectivity index (χ1n) is 6.26. The van der Waals surface area contributed by atoms with Gasteiger partial charge in [-0.1, -0.05) is 0 Å². The van der Waals surface area contributed by atoms with Gasteiger partial charge in [0.2, 0.25) is 0 Å². The van der Waals surface area contributed by atoms with Crippen LogP contribution in [0.4, 0.5) is 8.78 Å². The van der Waals surface area contributed by atoms with Crippen LogP contribution in [-0.4, -0.2) is 38.7 Å². The van der Waals surface area contributed by atoms with Crippen molar-refractivity contribution in [3.05, 3.63) is 34.9 Å². The molecule has 1 aromatic carbocycles. The third-order valence-electron chi connectivity index (χ3n) is 3.26. The summed E-state index contributed by atoms with van der Waals surface area (Å²) in [5.41, 5.74) is -1.01. The Balaban J connectivity index is 2.20. The maximum atomic E-state index is 13.2. The molecule has 0 unspecified atom stereocenters. The molecule has 21 heavy (non-hydrogen) atoms. The van der Waals surface area contributed by atoms with Crippen molar-refractivity contribution in [2.24, 2.45) is 0 Å². The van der Waals surface area contributed by atoms with Gasteiger partial charge in [0, 0.05) is 28.3 Å². The lowest BCUT2D eigenvalue weighted by atomic mass is 10.0. The topological polar surface area (TPSA) is 83.5 Å². The molecule has 0 saturated carbocycles. The highest BCUT2D eigenvalue weighted by Crippen LogP contribution is 2.17. The zero-order chi connectivity index (χ0) is 15.6. The van der Waals surface area contributed by atoms with Crippen molar-refractivity contribution in [1.29, 1.82) is 0 Å². The van der Waals surface area contributed by atoms with E-state index in [2.05, 4.69) is 5.32 Å². The maximum absolute atomic E-state index is 13.2. The SMILES string of the molecule is O=C(O)c1cc(F)c(F)cc1C(=O)NC1CCS(=O)CC1. The third kappa shape index (κ3) is 3.63. The Morgan fingerprint density at radius 2 is 1.67 bits per heavy atom. The molecule has 1 heterocycles. The number of carboxylic acid groups (broad SMARTS) is 1. The molecule has 1 aromatic rings. The van der Waals surface area contributed by atoms with E-state index < -0.39 is 45.4 Å². The minimum Gasteiger partial charge on any atom is -0.478 e. The summed E-state index contributed by atoms with van der Waals surface area (Å²) in [6.45, 7) is 0. The molecule has 2 rings (SSSR count). The van der Waals surface area contributed by atoms with E-state index in [1.54, 1.807) is 0 Å². The number of carbonyl (C=O) groups excluding carboxylic acids is 1. The predicted molar refractivity (Wildman–Crippen MR) is 71.7 cm³/mol. The lowest BCUT2D eigenvalue weighted by molar-refractivity contribution is 0.0689. The summed E-state index contributed by atoms with van der Waals surface area (Å²) < 4.78 is 37.5. The first-order valence-corrected chi connectivity index (χ1v) is 7.75. The molecule has 1 fully saturated rings. The van der Waals surface area contributed by atoms with Gasteiger partial charge in [0.15, 0.2) is 11.6 Å². The molecule has 1 amide bonds. The van der Waals surface area contributed by atoms with Gasteiger partial charge in [-0.3, -0.25) is 9.00 Å². The second kappa shape index (κ2) is 6.30. The lowest BCUT2D eigenvalue weighted by Crippen LogP contribution is -2.40. The summed E-state index contributed by atoms with van der Waals surface area (Å²) in [6, 6.07) is 0.822. The number of aromatic carboxylic acids is 1. The summed E-state index contributed by atoms with van der Waals surface area (Å²) >= 11 is 0. The molecule has 114 valence electrons. The molecular formula is C13H13F2NO4S. The number of rotatable bonds is 3. The van der Waals surface area contributed by atoms with E-state index >= 15 is 0 Å². The first kappa shape index (κ1) is 15.6. The Kier molecular flexibility index (Phi) is 4.66. The third-order valence-corrected chi connectivity index (χ3v) is 4.64. The average molecular weight is 317 g/mol. The van der Waals surface area contributed by atoms with Gasteiger partial charge in [-0.05, 0) is 25.0 Å². The Labute approximate surface area is 121 Å². The minimum absolute atomic E-state index is 0.245. The van der Waals surface area contributed by atoms with Crippen molar-refractivity contribution in [3.8, 4) is 0 Å². The fraction of sp³-hybridized carbons (Fsp3) is 0.385. The van der Waals surface area contributed by atoms with Gasteiger partial charge in [0.05, 0.1) is 11.1 Å². The number of hydrogen-bond acceptors (Lipinski definition) is 3. The summed E-state index contributed by atoms with van der Waals surface area (Å²) in [5, 5.41) is 11.5. The predicted octanol–water partition coefficient (Wildman–Crippen LogP) is 1.30. The van der Waals surface area contributed by atoms with E-state index in [4.69, 9.17) is 5.11 Å². The molecule has 0 aromatic heterocycles. The molecule has 1 saturated heterocycles. The van der Waals surface area contributed by atoms with Gasteiger partial charge in [-0.2, -0.15) is 0 Å². The maximum Gasteiger partial charge on any atom is 0.336 e. The van der Waals surface area contributed by atoms with Crippen LogP contribution in [0.15, 0.2) is 12.1 Å². The quantitative estimate of drug-likeness (QED) is 0.880. The fourth-order valence-corrected chi connectivity index (χ4v) is 3.41. The second-order valence-electron chi connectivity index (χ2n) is 4.71. The van der Waals surface area contributed by atoms with Crippen molar-refractivity contribution in [1.82, 2.24) is 5.32 Å². The highest BCUT2D eigenvalue weighted by atomic mass is 32.2. The highest BCUT2D eigenvalue weighted by molar-refractivity contribution is 7.85. The summed E-state index contributed by atoms with van der Waals surface area (Å²) in [7, 11) is -0.894. The number of nitrogens with one attached hydrogen (secondary N) is 1. The Bertz CT molecular complexity index is 610. The van der Waals surface area contributed by atoms with E-state index in [9.17, 15) is 22.6 Å². The van der Waals surface area contributed by atoms with Gasteiger partial charge in [0.1, 0.15) is 0 Å². The van der Waals surface area contributed by atoms with E-state index in [0.29, 0.717) is 36.5 Å². The number of halogens is 2. The normalized spacial score (nSPS) is 21.8. The van der Waals surface area contributed by atoms with Crippen LogP contribution in [0, 0.1) is 11.6 Å². The molecular weight excluding hydrogens is 304 g/mol. The van der Waals surface area contributed by atoms with E-state index in [1.807, 2.05) is 0 Å². The molecule has 5 nitrogen and oxygen atoms in total. The van der Waals surface area contributed by atoms with E-state index in [0.717, 1.165) is 0 Å². The molecule has 0 bridgehead atoms. The van der Waals surface area contributed by atoms with Gasteiger partial charge >= 0.3 is 5.97 Å². The van der Waals surface area contributed by atoms with Crippen LogP contribution < -0.4 is 5.32 Å². The average Bonchev–Trinajstić information content (AvgIpc) is 2.43. The zero-order valence-electron chi connectivity index (χ0n) is 10.9. The molecule has 0 atom stereocenters. The molecule has 2 N–H and O–H groups in total. The number of hydrogen-bond donors (Lipinski definition) is 2. The van der Waals surface area contributed by atoms with E-state index in [1.165, 1.54) is 0 Å². The van der Waals surface area contributed by atoms with Gasteiger partial charge in [-0.25, -0.2) is 13.6 Å². The van der Waals surface area contributed by atoms with Crippen LogP contribution in [0.5, 0.6) is 0 Å². The standard InChI is InChI=1S/C13H13F2NO4S/c14-10-5-8(9(13(18)19)6-11(10)15)12(17)16-7-1-3-21(20)4-2-7/h5-7H,1-4H2,(H,16,17)(H,18,19). The van der Waals surface area contributed by atoms with Crippen LogP contribution in [0.25, 0.3) is 0 Å². The number of amides is 1. The van der Waals surface area contributed by atoms with Crippen molar-refractivity contribution >= 4 is 22.7 Å². The van der Waals surface area contributed by atoms with Gasteiger partial charge in [-0.15, -0.1) is 0 Å². The van der Waals surface area contributed by atoms with Crippen LogP contribution in [0.3, 0.4) is 0 Å². The molecule has 0 spiro atoms. The number of benzene rings is 1. The first-order chi connectivity index (χ1) is 9.88. The highest BCUT2D eigenvalue weighted by Gasteiger charge is 2.24. The van der Waals surface area contributed by atoms with Crippen molar-refractivity contribution < 1.29 is 27.7 Å². The monoisotopic (exact) mass is 317 g/mol. The van der Waals surface area contributed by atoms with Crippen molar-refractivity contribution in [2.45, 2.75) is 18.9 Å². The minimum atomic E-state index is -1.51. The Morgan fingerprint density at radius 3 is 2.19 bits per heavy atom. The summed E-state index contributed by atoms with van der Waals surface area (Å²) in [6.07, 6.45) is 1.01.